The van der Waals surface area contributed by atoms with E-state index in [9.17, 15) is 4.79 Å². The molecule has 126 valence electrons. The Morgan fingerprint density at radius 3 is 2.79 bits per heavy atom. The van der Waals surface area contributed by atoms with E-state index in [0.29, 0.717) is 6.54 Å². The van der Waals surface area contributed by atoms with Crippen molar-refractivity contribution in [2.45, 2.75) is 44.1 Å². The van der Waals surface area contributed by atoms with E-state index in [2.05, 4.69) is 9.97 Å². The number of benzene rings is 1. The lowest BCUT2D eigenvalue weighted by Crippen LogP contribution is -2.51. The largest absolute Gasteiger partial charge is 0.445 e. The molecule has 0 aliphatic carbocycles. The zero-order chi connectivity index (χ0) is 17.2. The van der Waals surface area contributed by atoms with Gasteiger partial charge in [-0.2, -0.15) is 0 Å². The Labute approximate surface area is 146 Å². The molecule has 1 aliphatic heterocycles. The fourth-order valence-electron chi connectivity index (χ4n) is 2.84. The van der Waals surface area contributed by atoms with Gasteiger partial charge < -0.3 is 4.74 Å². The molecular formula is C18H21N3O2S. The number of carbonyl (C=O) groups is 1. The van der Waals surface area contributed by atoms with Crippen LogP contribution in [0, 0.1) is 0 Å². The van der Waals surface area contributed by atoms with E-state index < -0.39 is 0 Å². The number of hydrogen-bond donors (Lipinski definition) is 0. The molecule has 1 aliphatic rings. The number of hydrogen-bond acceptors (Lipinski definition) is 5. The van der Waals surface area contributed by atoms with E-state index in [1.165, 1.54) is 11.8 Å². The number of thioether (sulfide) groups is 1. The van der Waals surface area contributed by atoms with Crippen LogP contribution < -0.4 is 0 Å². The van der Waals surface area contributed by atoms with E-state index in [-0.39, 0.29) is 18.2 Å². The van der Waals surface area contributed by atoms with Crippen LogP contribution in [0.4, 0.5) is 4.79 Å². The van der Waals surface area contributed by atoms with E-state index >= 15 is 0 Å². The maximum absolute atomic E-state index is 12.6. The SMILES string of the molecule is CSc1ncc2c(n1)CN(C(=O)OCc1ccccc1)C(C)(C)C2. The molecule has 0 bridgehead atoms. The number of amides is 1. The van der Waals surface area contributed by atoms with Crippen LogP contribution in [0.3, 0.4) is 0 Å². The predicted molar refractivity (Wildman–Crippen MR) is 93.8 cm³/mol. The Morgan fingerprint density at radius 1 is 1.33 bits per heavy atom. The van der Waals surface area contributed by atoms with Gasteiger partial charge in [-0.3, -0.25) is 4.90 Å². The average molecular weight is 343 g/mol. The Hall–Kier alpha value is -2.08. The Balaban J connectivity index is 1.75. The zero-order valence-corrected chi connectivity index (χ0v) is 15.0. The first-order valence-electron chi connectivity index (χ1n) is 7.87. The molecule has 2 aromatic rings. The van der Waals surface area contributed by atoms with Gasteiger partial charge in [0.1, 0.15) is 6.61 Å². The van der Waals surface area contributed by atoms with Gasteiger partial charge in [-0.15, -0.1) is 0 Å². The molecule has 0 unspecified atom stereocenters. The third-order valence-electron chi connectivity index (χ3n) is 4.20. The molecular weight excluding hydrogens is 322 g/mol. The summed E-state index contributed by atoms with van der Waals surface area (Å²) in [7, 11) is 0. The molecule has 1 aromatic carbocycles. The molecule has 1 aromatic heterocycles. The van der Waals surface area contributed by atoms with E-state index in [4.69, 9.17) is 4.74 Å². The molecule has 0 spiro atoms. The lowest BCUT2D eigenvalue weighted by Gasteiger charge is -2.41. The first-order valence-corrected chi connectivity index (χ1v) is 9.09. The van der Waals surface area contributed by atoms with Gasteiger partial charge in [0, 0.05) is 11.7 Å². The van der Waals surface area contributed by atoms with Crippen LogP contribution in [0.15, 0.2) is 41.7 Å². The number of carbonyl (C=O) groups excluding carboxylic acids is 1. The van der Waals surface area contributed by atoms with Gasteiger partial charge in [0.05, 0.1) is 12.2 Å². The summed E-state index contributed by atoms with van der Waals surface area (Å²) in [6.45, 7) is 4.81. The summed E-state index contributed by atoms with van der Waals surface area (Å²) in [5, 5.41) is 0.728. The number of ether oxygens (including phenoxy) is 1. The quantitative estimate of drug-likeness (QED) is 0.629. The van der Waals surface area contributed by atoms with Crippen molar-refractivity contribution in [2.24, 2.45) is 0 Å². The normalized spacial score (nSPS) is 15.7. The topological polar surface area (TPSA) is 55.3 Å². The number of rotatable bonds is 3. The van der Waals surface area contributed by atoms with Crippen LogP contribution in [0.2, 0.25) is 0 Å². The maximum atomic E-state index is 12.6. The second kappa shape index (κ2) is 6.81. The fourth-order valence-corrected chi connectivity index (χ4v) is 3.20. The minimum absolute atomic E-state index is 0.277. The molecule has 1 amide bonds. The van der Waals surface area contributed by atoms with E-state index in [1.807, 2.05) is 56.6 Å². The predicted octanol–water partition coefficient (Wildman–Crippen LogP) is 3.67. The van der Waals surface area contributed by atoms with Gasteiger partial charge in [0.2, 0.25) is 0 Å². The van der Waals surface area contributed by atoms with Gasteiger partial charge in [-0.05, 0) is 37.7 Å². The van der Waals surface area contributed by atoms with Gasteiger partial charge in [-0.25, -0.2) is 14.8 Å². The van der Waals surface area contributed by atoms with Crippen LogP contribution in [-0.2, 0) is 24.3 Å². The van der Waals surface area contributed by atoms with Gasteiger partial charge in [-0.1, -0.05) is 42.1 Å². The highest BCUT2D eigenvalue weighted by Crippen LogP contribution is 2.31. The van der Waals surface area contributed by atoms with Crippen LogP contribution in [0.5, 0.6) is 0 Å². The lowest BCUT2D eigenvalue weighted by molar-refractivity contribution is 0.0462. The monoisotopic (exact) mass is 343 g/mol. The van der Waals surface area contributed by atoms with Gasteiger partial charge in [0.15, 0.2) is 5.16 Å². The molecule has 5 nitrogen and oxygen atoms in total. The van der Waals surface area contributed by atoms with Crippen molar-refractivity contribution < 1.29 is 9.53 Å². The Bertz CT molecular complexity index is 734. The highest BCUT2D eigenvalue weighted by Gasteiger charge is 2.38. The summed E-state index contributed by atoms with van der Waals surface area (Å²) in [6.07, 6.45) is 4.24. The van der Waals surface area contributed by atoms with Crippen molar-refractivity contribution in [2.75, 3.05) is 6.26 Å². The molecule has 3 rings (SSSR count). The molecule has 0 saturated carbocycles. The van der Waals surface area contributed by atoms with Crippen molar-refractivity contribution in [1.29, 1.82) is 0 Å². The second-order valence-corrected chi connectivity index (χ2v) is 7.22. The summed E-state index contributed by atoms with van der Waals surface area (Å²) in [6, 6.07) is 9.71. The maximum Gasteiger partial charge on any atom is 0.410 e. The smallest absolute Gasteiger partial charge is 0.410 e. The minimum Gasteiger partial charge on any atom is -0.445 e. The summed E-state index contributed by atoms with van der Waals surface area (Å²) < 4.78 is 5.51. The molecule has 24 heavy (non-hydrogen) atoms. The molecule has 0 saturated heterocycles. The standard InChI is InChI=1S/C18H21N3O2S/c1-18(2)9-14-10-19-16(24-3)20-15(14)11-21(18)17(22)23-12-13-7-5-4-6-8-13/h4-8,10H,9,11-12H2,1-3H3. The first kappa shape index (κ1) is 16.8. The van der Waals surface area contributed by atoms with Crippen molar-refractivity contribution >= 4 is 17.9 Å². The summed E-state index contributed by atoms with van der Waals surface area (Å²) in [4.78, 5) is 23.3. The van der Waals surface area contributed by atoms with Crippen molar-refractivity contribution in [3.63, 3.8) is 0 Å². The highest BCUT2D eigenvalue weighted by molar-refractivity contribution is 7.98. The molecule has 0 fully saturated rings. The van der Waals surface area contributed by atoms with Crippen LogP contribution >= 0.6 is 11.8 Å². The Kier molecular flexibility index (Phi) is 4.76. The number of aromatic nitrogens is 2. The van der Waals surface area contributed by atoms with Crippen LogP contribution in [0.25, 0.3) is 0 Å². The van der Waals surface area contributed by atoms with Crippen molar-refractivity contribution in [3.8, 4) is 0 Å². The summed E-state index contributed by atoms with van der Waals surface area (Å²) in [5.41, 5.74) is 2.66. The van der Waals surface area contributed by atoms with Crippen LogP contribution in [0.1, 0.15) is 30.7 Å². The molecule has 0 atom stereocenters. The lowest BCUT2D eigenvalue weighted by atomic mass is 9.89. The average Bonchev–Trinajstić information content (AvgIpc) is 2.59. The van der Waals surface area contributed by atoms with Crippen LogP contribution in [-0.4, -0.2) is 32.8 Å². The first-order chi connectivity index (χ1) is 11.5. The van der Waals surface area contributed by atoms with Crippen molar-refractivity contribution in [3.05, 3.63) is 53.3 Å². The minimum atomic E-state index is -0.328. The third-order valence-corrected chi connectivity index (χ3v) is 4.76. The molecule has 6 heteroatoms. The fraction of sp³-hybridized carbons (Fsp3) is 0.389. The molecule has 0 N–H and O–H groups in total. The number of nitrogens with zero attached hydrogens (tertiary/aromatic N) is 3. The van der Waals surface area contributed by atoms with E-state index in [0.717, 1.165) is 28.4 Å². The van der Waals surface area contributed by atoms with Gasteiger partial charge in [0.25, 0.3) is 0 Å². The summed E-state index contributed by atoms with van der Waals surface area (Å²) >= 11 is 1.50. The summed E-state index contributed by atoms with van der Waals surface area (Å²) in [5.74, 6) is 0. The second-order valence-electron chi connectivity index (χ2n) is 6.44. The highest BCUT2D eigenvalue weighted by atomic mass is 32.2. The number of fused-ring (bicyclic) bond motifs is 1. The van der Waals surface area contributed by atoms with Gasteiger partial charge >= 0.3 is 6.09 Å². The molecule has 2 heterocycles. The Morgan fingerprint density at radius 2 is 2.08 bits per heavy atom. The third kappa shape index (κ3) is 3.53. The zero-order valence-electron chi connectivity index (χ0n) is 14.2. The molecule has 0 radical (unpaired) electrons. The van der Waals surface area contributed by atoms with E-state index in [1.54, 1.807) is 4.90 Å². The van der Waals surface area contributed by atoms with Crippen molar-refractivity contribution in [1.82, 2.24) is 14.9 Å².